The first-order chi connectivity index (χ1) is 15.3. The maximum absolute atomic E-state index is 12.9. The molecule has 2 aromatic carbocycles. The summed E-state index contributed by atoms with van der Waals surface area (Å²) < 4.78 is 104. The Morgan fingerprint density at radius 3 is 1.88 bits per heavy atom. The van der Waals surface area contributed by atoms with Crippen LogP contribution >= 0.6 is 0 Å². The second kappa shape index (κ2) is 9.34. The summed E-state index contributed by atoms with van der Waals surface area (Å²) in [6, 6.07) is 6.70. The number of sulfonamides is 1. The van der Waals surface area contributed by atoms with E-state index in [0.717, 1.165) is 12.8 Å². The van der Waals surface area contributed by atoms with Gasteiger partial charge in [0.2, 0.25) is 15.9 Å². The molecule has 0 atom stereocenters. The second-order valence-corrected chi connectivity index (χ2v) is 9.54. The van der Waals surface area contributed by atoms with Crippen LogP contribution in [0.2, 0.25) is 0 Å². The quantitative estimate of drug-likeness (QED) is 0.570. The third kappa shape index (κ3) is 6.26. The topological polar surface area (TPSA) is 66.5 Å². The number of amides is 1. The molecule has 0 aromatic heterocycles. The van der Waals surface area contributed by atoms with Crippen molar-refractivity contribution in [1.29, 1.82) is 0 Å². The highest BCUT2D eigenvalue weighted by molar-refractivity contribution is 7.89. The zero-order valence-corrected chi connectivity index (χ0v) is 17.9. The molecule has 1 saturated heterocycles. The van der Waals surface area contributed by atoms with Gasteiger partial charge in [-0.2, -0.15) is 30.6 Å². The summed E-state index contributed by atoms with van der Waals surface area (Å²) in [6.45, 7) is 0.908. The highest BCUT2D eigenvalue weighted by atomic mass is 32.2. The number of nitrogens with one attached hydrogen (secondary N) is 1. The number of anilines is 1. The van der Waals surface area contributed by atoms with E-state index < -0.39 is 45.1 Å². The van der Waals surface area contributed by atoms with E-state index in [9.17, 15) is 39.6 Å². The molecule has 2 aromatic rings. The van der Waals surface area contributed by atoms with Crippen molar-refractivity contribution in [2.24, 2.45) is 0 Å². The lowest BCUT2D eigenvalue weighted by Crippen LogP contribution is -2.27. The monoisotopic (exact) mass is 494 g/mol. The smallest absolute Gasteiger partial charge is 0.326 e. The van der Waals surface area contributed by atoms with Crippen molar-refractivity contribution in [2.75, 3.05) is 18.4 Å². The molecule has 1 N–H and O–H groups in total. The van der Waals surface area contributed by atoms with Gasteiger partial charge in [-0.25, -0.2) is 8.42 Å². The van der Waals surface area contributed by atoms with Gasteiger partial charge in [-0.3, -0.25) is 4.79 Å². The molecule has 1 aliphatic heterocycles. The predicted molar refractivity (Wildman–Crippen MR) is 108 cm³/mol. The van der Waals surface area contributed by atoms with Gasteiger partial charge < -0.3 is 5.32 Å². The lowest BCUT2D eigenvalue weighted by molar-refractivity contribution is -0.143. The molecule has 3 rings (SSSR count). The molecule has 12 heteroatoms. The van der Waals surface area contributed by atoms with Crippen molar-refractivity contribution in [3.8, 4) is 0 Å². The Labute approximate surface area is 186 Å². The van der Waals surface area contributed by atoms with Gasteiger partial charge in [0.1, 0.15) is 0 Å². The van der Waals surface area contributed by atoms with Crippen molar-refractivity contribution < 1.29 is 39.6 Å². The van der Waals surface area contributed by atoms with E-state index in [0.29, 0.717) is 30.8 Å². The number of hydrogen-bond donors (Lipinski definition) is 1. The van der Waals surface area contributed by atoms with Crippen molar-refractivity contribution in [2.45, 2.75) is 42.9 Å². The number of carbonyl (C=O) groups excluding carboxylic acids is 1. The number of aryl methyl sites for hydroxylation is 1. The fourth-order valence-electron chi connectivity index (χ4n) is 3.41. The van der Waals surface area contributed by atoms with Crippen molar-refractivity contribution in [3.05, 3.63) is 59.2 Å². The van der Waals surface area contributed by atoms with Crippen LogP contribution in [0.5, 0.6) is 0 Å². The SMILES string of the molecule is O=C(CCc1ccc(S(=O)(=O)N2CCCC2)cc1)Nc1cc(C(F)(F)F)cc(C(F)(F)F)c1. The van der Waals surface area contributed by atoms with Gasteiger partial charge in [0.05, 0.1) is 16.0 Å². The van der Waals surface area contributed by atoms with Crippen LogP contribution in [0.3, 0.4) is 0 Å². The molecule has 0 saturated carbocycles. The summed E-state index contributed by atoms with van der Waals surface area (Å²) in [5, 5.41) is 2.07. The number of benzene rings is 2. The van der Waals surface area contributed by atoms with Gasteiger partial charge >= 0.3 is 12.4 Å². The fraction of sp³-hybridized carbons (Fsp3) is 0.381. The van der Waals surface area contributed by atoms with Gasteiger partial charge in [0.15, 0.2) is 0 Å². The van der Waals surface area contributed by atoms with Gasteiger partial charge in [-0.15, -0.1) is 0 Å². The second-order valence-electron chi connectivity index (χ2n) is 7.60. The Hall–Kier alpha value is -2.60. The highest BCUT2D eigenvalue weighted by Gasteiger charge is 2.37. The molecular formula is C21H20F6N2O3S. The number of rotatable bonds is 6. The zero-order chi connectivity index (χ0) is 24.4. The molecule has 1 heterocycles. The van der Waals surface area contributed by atoms with E-state index in [-0.39, 0.29) is 23.8 Å². The predicted octanol–water partition coefficient (Wildman–Crippen LogP) is 5.08. The van der Waals surface area contributed by atoms with Gasteiger partial charge in [-0.05, 0) is 55.2 Å². The van der Waals surface area contributed by atoms with Gasteiger partial charge in [0, 0.05) is 25.2 Å². The first-order valence-corrected chi connectivity index (χ1v) is 11.4. The van der Waals surface area contributed by atoms with E-state index in [4.69, 9.17) is 0 Å². The summed E-state index contributed by atoms with van der Waals surface area (Å²) in [6.07, 6.45) is -8.56. The molecule has 1 fully saturated rings. The van der Waals surface area contributed by atoms with Crippen LogP contribution in [0.15, 0.2) is 47.4 Å². The minimum absolute atomic E-state index is 0.0204. The van der Waals surface area contributed by atoms with Crippen molar-refractivity contribution in [1.82, 2.24) is 4.31 Å². The lowest BCUT2D eigenvalue weighted by atomic mass is 10.1. The van der Waals surface area contributed by atoms with E-state index in [1.165, 1.54) is 28.6 Å². The number of hydrogen-bond acceptors (Lipinski definition) is 3. The normalized spacial score (nSPS) is 15.6. The zero-order valence-electron chi connectivity index (χ0n) is 17.1. The van der Waals surface area contributed by atoms with Crippen LogP contribution in [0.4, 0.5) is 32.0 Å². The maximum Gasteiger partial charge on any atom is 0.416 e. The summed E-state index contributed by atoms with van der Waals surface area (Å²) >= 11 is 0. The van der Waals surface area contributed by atoms with E-state index in [1.54, 1.807) is 0 Å². The molecule has 0 bridgehead atoms. The largest absolute Gasteiger partial charge is 0.416 e. The summed E-state index contributed by atoms with van der Waals surface area (Å²) in [4.78, 5) is 12.2. The van der Waals surface area contributed by atoms with Crippen molar-refractivity contribution in [3.63, 3.8) is 0 Å². The Morgan fingerprint density at radius 2 is 1.39 bits per heavy atom. The first-order valence-electron chi connectivity index (χ1n) is 9.95. The molecule has 1 aliphatic rings. The van der Waals surface area contributed by atoms with Crippen molar-refractivity contribution >= 4 is 21.6 Å². The molecular weight excluding hydrogens is 474 g/mol. The number of nitrogens with zero attached hydrogens (tertiary/aromatic N) is 1. The minimum Gasteiger partial charge on any atom is -0.326 e. The summed E-state index contributed by atoms with van der Waals surface area (Å²) in [5.41, 5.74) is -3.08. The molecule has 180 valence electrons. The molecule has 0 spiro atoms. The lowest BCUT2D eigenvalue weighted by Gasteiger charge is -2.16. The van der Waals surface area contributed by atoms with E-state index >= 15 is 0 Å². The van der Waals surface area contributed by atoms with Crippen LogP contribution in [0.1, 0.15) is 36.0 Å². The summed E-state index contributed by atoms with van der Waals surface area (Å²) in [5.74, 6) is -0.781. The maximum atomic E-state index is 12.9. The number of carbonyl (C=O) groups is 1. The minimum atomic E-state index is -5.02. The number of alkyl halides is 6. The molecule has 0 radical (unpaired) electrons. The Bertz CT molecular complexity index is 1070. The Balaban J connectivity index is 1.66. The molecule has 1 amide bonds. The average molecular weight is 494 g/mol. The standard InChI is InChI=1S/C21H20F6N2O3S/c22-20(23,24)15-11-16(21(25,26)27)13-17(12-15)28-19(30)8-5-14-3-6-18(7-4-14)33(31,32)29-9-1-2-10-29/h3-4,6-7,11-13H,1-2,5,8-10H2,(H,28,30). The van der Waals surface area contributed by atoms with Crippen LogP contribution in [0.25, 0.3) is 0 Å². The third-order valence-corrected chi connectivity index (χ3v) is 7.05. The molecule has 0 unspecified atom stereocenters. The Kier molecular flexibility index (Phi) is 7.08. The van der Waals surface area contributed by atoms with E-state index in [2.05, 4.69) is 5.32 Å². The van der Waals surface area contributed by atoms with Crippen LogP contribution in [-0.2, 0) is 33.6 Å². The fourth-order valence-corrected chi connectivity index (χ4v) is 4.93. The van der Waals surface area contributed by atoms with E-state index in [1.807, 2.05) is 0 Å². The Morgan fingerprint density at radius 1 is 0.879 bits per heavy atom. The average Bonchev–Trinajstić information content (AvgIpc) is 3.27. The highest BCUT2D eigenvalue weighted by Crippen LogP contribution is 2.37. The first kappa shape index (κ1) is 25.0. The van der Waals surface area contributed by atoms with Crippen LogP contribution in [0, 0.1) is 0 Å². The summed E-state index contributed by atoms with van der Waals surface area (Å²) in [7, 11) is -3.59. The van der Waals surface area contributed by atoms with Crippen LogP contribution < -0.4 is 5.32 Å². The molecule has 0 aliphatic carbocycles. The third-order valence-electron chi connectivity index (χ3n) is 5.14. The van der Waals surface area contributed by atoms with Gasteiger partial charge in [0.25, 0.3) is 0 Å². The van der Waals surface area contributed by atoms with Crippen LogP contribution in [-0.4, -0.2) is 31.7 Å². The van der Waals surface area contributed by atoms with Gasteiger partial charge in [-0.1, -0.05) is 12.1 Å². The molecule has 33 heavy (non-hydrogen) atoms. The molecule has 5 nitrogen and oxygen atoms in total. The number of halogens is 6.